The van der Waals surface area contributed by atoms with E-state index in [4.69, 9.17) is 14.5 Å². The molecular formula is C23H26N2O3S. The Balaban J connectivity index is 1.52. The summed E-state index contributed by atoms with van der Waals surface area (Å²) >= 11 is 1.56. The van der Waals surface area contributed by atoms with Gasteiger partial charge in [-0.15, -0.1) is 0 Å². The molecular weight excluding hydrogens is 384 g/mol. The standard InChI is InChI=1S/C23H26N2O3S/c1-16-9-10-17(2)21(14-16)28-12-13-29-23-24-20-8-4-3-7-19(20)22(26)25(23)15-18-6-5-11-27-18/h3-4,7-10,14,18H,5-6,11-13,15H2,1-2H3. The minimum Gasteiger partial charge on any atom is -0.492 e. The maximum absolute atomic E-state index is 13.1. The molecule has 1 aromatic heterocycles. The lowest BCUT2D eigenvalue weighted by Crippen LogP contribution is -2.29. The molecule has 1 unspecified atom stereocenters. The Hall–Kier alpha value is -2.31. The molecule has 5 nitrogen and oxygen atoms in total. The highest BCUT2D eigenvalue weighted by molar-refractivity contribution is 7.99. The fourth-order valence-electron chi connectivity index (χ4n) is 3.56. The average Bonchev–Trinajstić information content (AvgIpc) is 3.23. The molecule has 1 aliphatic heterocycles. The van der Waals surface area contributed by atoms with Gasteiger partial charge >= 0.3 is 0 Å². The van der Waals surface area contributed by atoms with Gasteiger partial charge in [0.2, 0.25) is 0 Å². The minimum atomic E-state index is 0.00375. The molecule has 0 radical (unpaired) electrons. The zero-order valence-corrected chi connectivity index (χ0v) is 17.7. The Bertz CT molecular complexity index is 1060. The van der Waals surface area contributed by atoms with Crippen molar-refractivity contribution in [1.82, 2.24) is 9.55 Å². The van der Waals surface area contributed by atoms with Crippen molar-refractivity contribution < 1.29 is 9.47 Å². The van der Waals surface area contributed by atoms with E-state index in [2.05, 4.69) is 25.1 Å². The van der Waals surface area contributed by atoms with Crippen LogP contribution in [0, 0.1) is 13.8 Å². The number of thioether (sulfide) groups is 1. The number of ether oxygens (including phenoxy) is 2. The van der Waals surface area contributed by atoms with Gasteiger partial charge in [0.15, 0.2) is 5.16 Å². The van der Waals surface area contributed by atoms with Crippen LogP contribution in [0.15, 0.2) is 52.4 Å². The SMILES string of the molecule is Cc1ccc(C)c(OCCSc2nc3ccccc3c(=O)n2CC2CCCO2)c1. The lowest BCUT2D eigenvalue weighted by atomic mass is 10.1. The first-order valence-electron chi connectivity index (χ1n) is 10.1. The third kappa shape index (κ3) is 4.65. The van der Waals surface area contributed by atoms with Gasteiger partial charge in [-0.25, -0.2) is 4.98 Å². The molecule has 4 rings (SSSR count). The van der Waals surface area contributed by atoms with Crippen LogP contribution >= 0.6 is 11.8 Å². The van der Waals surface area contributed by atoms with Gasteiger partial charge < -0.3 is 9.47 Å². The first-order valence-corrected chi connectivity index (χ1v) is 11.0. The van der Waals surface area contributed by atoms with Crippen molar-refractivity contribution in [3.63, 3.8) is 0 Å². The van der Waals surface area contributed by atoms with Crippen LogP contribution < -0.4 is 10.3 Å². The van der Waals surface area contributed by atoms with Crippen molar-refractivity contribution in [3.05, 3.63) is 63.9 Å². The van der Waals surface area contributed by atoms with Crippen LogP contribution in [0.5, 0.6) is 5.75 Å². The second-order valence-electron chi connectivity index (χ2n) is 7.43. The van der Waals surface area contributed by atoms with E-state index in [0.717, 1.165) is 41.4 Å². The Morgan fingerprint density at radius 1 is 1.24 bits per heavy atom. The number of para-hydroxylation sites is 1. The van der Waals surface area contributed by atoms with Gasteiger partial charge in [0.05, 0.1) is 30.2 Å². The van der Waals surface area contributed by atoms with Gasteiger partial charge in [-0.1, -0.05) is 36.0 Å². The Morgan fingerprint density at radius 3 is 2.93 bits per heavy atom. The normalized spacial score (nSPS) is 16.4. The molecule has 29 heavy (non-hydrogen) atoms. The van der Waals surface area contributed by atoms with E-state index < -0.39 is 0 Å². The molecule has 3 aromatic rings. The van der Waals surface area contributed by atoms with Gasteiger partial charge in [-0.2, -0.15) is 0 Å². The van der Waals surface area contributed by atoms with Crippen molar-refractivity contribution in [2.24, 2.45) is 0 Å². The monoisotopic (exact) mass is 410 g/mol. The average molecular weight is 411 g/mol. The van der Waals surface area contributed by atoms with Gasteiger partial charge in [0, 0.05) is 12.4 Å². The van der Waals surface area contributed by atoms with Crippen LogP contribution in [-0.4, -0.2) is 34.6 Å². The van der Waals surface area contributed by atoms with Gasteiger partial charge in [-0.05, 0) is 56.0 Å². The predicted molar refractivity (Wildman–Crippen MR) is 117 cm³/mol. The third-order valence-corrected chi connectivity index (χ3v) is 6.09. The van der Waals surface area contributed by atoms with Crippen LogP contribution in [0.3, 0.4) is 0 Å². The molecule has 1 saturated heterocycles. The summed E-state index contributed by atoms with van der Waals surface area (Å²) in [5.74, 6) is 1.62. The summed E-state index contributed by atoms with van der Waals surface area (Å²) < 4.78 is 13.5. The first-order chi connectivity index (χ1) is 14.1. The largest absolute Gasteiger partial charge is 0.492 e. The summed E-state index contributed by atoms with van der Waals surface area (Å²) in [4.78, 5) is 17.9. The van der Waals surface area contributed by atoms with Crippen molar-refractivity contribution in [1.29, 1.82) is 0 Å². The fourth-order valence-corrected chi connectivity index (χ4v) is 4.38. The van der Waals surface area contributed by atoms with Crippen LogP contribution in [0.4, 0.5) is 0 Å². The number of hydrogen-bond acceptors (Lipinski definition) is 5. The molecule has 1 atom stereocenters. The van der Waals surface area contributed by atoms with E-state index in [0.29, 0.717) is 24.3 Å². The summed E-state index contributed by atoms with van der Waals surface area (Å²) in [6.45, 7) is 5.98. The minimum absolute atomic E-state index is 0.00375. The zero-order valence-electron chi connectivity index (χ0n) is 16.9. The number of aryl methyl sites for hydroxylation is 2. The first kappa shape index (κ1) is 20.0. The van der Waals surface area contributed by atoms with E-state index in [9.17, 15) is 4.79 Å². The van der Waals surface area contributed by atoms with Crippen molar-refractivity contribution in [2.75, 3.05) is 19.0 Å². The zero-order chi connectivity index (χ0) is 20.2. The molecule has 152 valence electrons. The number of aromatic nitrogens is 2. The second-order valence-corrected chi connectivity index (χ2v) is 8.49. The number of nitrogens with zero attached hydrogens (tertiary/aromatic N) is 2. The Labute approximate surface area is 175 Å². The lowest BCUT2D eigenvalue weighted by molar-refractivity contribution is 0.0937. The summed E-state index contributed by atoms with van der Waals surface area (Å²) in [6.07, 6.45) is 2.12. The van der Waals surface area contributed by atoms with E-state index in [1.54, 1.807) is 16.3 Å². The van der Waals surface area contributed by atoms with E-state index >= 15 is 0 Å². The molecule has 0 aliphatic carbocycles. The van der Waals surface area contributed by atoms with Crippen LogP contribution in [-0.2, 0) is 11.3 Å². The number of rotatable bonds is 7. The maximum Gasteiger partial charge on any atom is 0.262 e. The van der Waals surface area contributed by atoms with E-state index in [1.165, 1.54) is 5.56 Å². The smallest absolute Gasteiger partial charge is 0.262 e. The number of hydrogen-bond donors (Lipinski definition) is 0. The lowest BCUT2D eigenvalue weighted by Gasteiger charge is -2.16. The molecule has 0 N–H and O–H groups in total. The van der Waals surface area contributed by atoms with Crippen molar-refractivity contribution in [3.8, 4) is 5.75 Å². The van der Waals surface area contributed by atoms with Gasteiger partial charge in [0.25, 0.3) is 5.56 Å². The molecule has 2 aromatic carbocycles. The summed E-state index contributed by atoms with van der Waals surface area (Å²) in [6, 6.07) is 13.7. The highest BCUT2D eigenvalue weighted by atomic mass is 32.2. The summed E-state index contributed by atoms with van der Waals surface area (Å²) in [5, 5.41) is 1.38. The highest BCUT2D eigenvalue weighted by Gasteiger charge is 2.20. The molecule has 2 heterocycles. The molecule has 0 saturated carbocycles. The van der Waals surface area contributed by atoms with E-state index in [-0.39, 0.29) is 11.7 Å². The van der Waals surface area contributed by atoms with Crippen molar-refractivity contribution in [2.45, 2.75) is 44.5 Å². The molecule has 6 heteroatoms. The summed E-state index contributed by atoms with van der Waals surface area (Å²) in [5.41, 5.74) is 3.04. The second kappa shape index (κ2) is 9.01. The van der Waals surface area contributed by atoms with Gasteiger partial charge in [-0.3, -0.25) is 9.36 Å². The molecule has 0 spiro atoms. The van der Waals surface area contributed by atoms with Crippen LogP contribution in [0.2, 0.25) is 0 Å². The highest BCUT2D eigenvalue weighted by Crippen LogP contribution is 2.23. The molecule has 1 aliphatic rings. The van der Waals surface area contributed by atoms with Gasteiger partial charge in [0.1, 0.15) is 5.75 Å². The molecule has 1 fully saturated rings. The topological polar surface area (TPSA) is 53.3 Å². The predicted octanol–water partition coefficient (Wildman–Crippen LogP) is 4.36. The maximum atomic E-state index is 13.1. The molecule has 0 bridgehead atoms. The van der Waals surface area contributed by atoms with Crippen molar-refractivity contribution >= 4 is 22.7 Å². The van der Waals surface area contributed by atoms with Crippen LogP contribution in [0.25, 0.3) is 10.9 Å². The van der Waals surface area contributed by atoms with Crippen LogP contribution in [0.1, 0.15) is 24.0 Å². The number of benzene rings is 2. The quantitative estimate of drug-likeness (QED) is 0.329. The fraction of sp³-hybridized carbons (Fsp3) is 0.391. The Kier molecular flexibility index (Phi) is 6.21. The van der Waals surface area contributed by atoms with E-state index in [1.807, 2.05) is 31.2 Å². The summed E-state index contributed by atoms with van der Waals surface area (Å²) in [7, 11) is 0. The Morgan fingerprint density at radius 2 is 2.10 bits per heavy atom. The third-order valence-electron chi connectivity index (χ3n) is 5.15. The molecule has 0 amide bonds. The number of fused-ring (bicyclic) bond motifs is 1.